The molecule has 2 aliphatic heterocycles. The summed E-state index contributed by atoms with van der Waals surface area (Å²) in [6.45, 7) is 4.81. The minimum atomic E-state index is -5.06. The van der Waals surface area contributed by atoms with Crippen molar-refractivity contribution in [2.45, 2.75) is 108 Å². The Morgan fingerprint density at radius 3 is 2.02 bits per heavy atom. The first-order valence-electron chi connectivity index (χ1n) is 16.7. The highest BCUT2D eigenvalue weighted by atomic mass is 19.4. The van der Waals surface area contributed by atoms with Gasteiger partial charge >= 0.3 is 18.5 Å². The Labute approximate surface area is 289 Å². The maximum atomic E-state index is 14.1. The molecule has 2 aromatic rings. The highest BCUT2D eigenvalue weighted by Gasteiger charge is 2.43. The Morgan fingerprint density at radius 1 is 0.902 bits per heavy atom. The van der Waals surface area contributed by atoms with Crippen LogP contribution in [0.3, 0.4) is 0 Å². The smallest absolute Gasteiger partial charge is 0.390 e. The van der Waals surface area contributed by atoms with Gasteiger partial charge in [0, 0.05) is 24.7 Å². The minimum absolute atomic E-state index is 0.0271. The molecule has 2 atom stereocenters. The summed E-state index contributed by atoms with van der Waals surface area (Å²) in [5, 5.41) is 19.9. The van der Waals surface area contributed by atoms with Crippen molar-refractivity contribution < 1.29 is 49.4 Å². The van der Waals surface area contributed by atoms with Gasteiger partial charge in [0.05, 0.1) is 34.9 Å². The van der Waals surface area contributed by atoms with E-state index >= 15 is 0 Å². The van der Waals surface area contributed by atoms with E-state index in [-0.39, 0.29) is 53.0 Å². The summed E-state index contributed by atoms with van der Waals surface area (Å²) in [4.78, 5) is 15.7. The van der Waals surface area contributed by atoms with E-state index in [0.29, 0.717) is 37.8 Å². The average Bonchev–Trinajstić information content (AvgIpc) is 3.36. The van der Waals surface area contributed by atoms with Gasteiger partial charge in [0.25, 0.3) is 0 Å². The van der Waals surface area contributed by atoms with Gasteiger partial charge in [-0.3, -0.25) is 9.80 Å². The van der Waals surface area contributed by atoms with Crippen molar-refractivity contribution >= 4 is 17.6 Å². The van der Waals surface area contributed by atoms with E-state index in [2.05, 4.69) is 16.0 Å². The van der Waals surface area contributed by atoms with Crippen LogP contribution in [0.2, 0.25) is 0 Å². The molecule has 17 heteroatoms. The van der Waals surface area contributed by atoms with E-state index in [9.17, 15) is 49.4 Å². The first-order valence-corrected chi connectivity index (χ1v) is 16.7. The molecule has 1 unspecified atom stereocenters. The number of hydrazone groups is 1. The van der Waals surface area contributed by atoms with Gasteiger partial charge in [-0.05, 0) is 112 Å². The predicted molar refractivity (Wildman–Crippen MR) is 170 cm³/mol. The molecule has 8 nitrogen and oxygen atoms in total. The quantitative estimate of drug-likeness (QED) is 0.250. The molecule has 0 spiro atoms. The van der Waals surface area contributed by atoms with E-state index < -0.39 is 59.4 Å². The zero-order valence-electron chi connectivity index (χ0n) is 28.5. The molecule has 0 saturated heterocycles. The fourth-order valence-electron chi connectivity index (χ4n) is 7.33. The number of nitrogens with one attached hydrogen (secondary N) is 2. The molecule has 0 aromatic heterocycles. The highest BCUT2D eigenvalue weighted by molar-refractivity contribution is 5.97. The number of benzene rings is 2. The third kappa shape index (κ3) is 8.84. The van der Waals surface area contributed by atoms with Gasteiger partial charge in [-0.2, -0.15) is 39.5 Å². The largest absolute Gasteiger partial charge is 0.416 e. The van der Waals surface area contributed by atoms with Crippen LogP contribution in [0.4, 0.5) is 45.2 Å². The van der Waals surface area contributed by atoms with Gasteiger partial charge in [-0.15, -0.1) is 10.2 Å². The van der Waals surface area contributed by atoms with Gasteiger partial charge in [-0.1, -0.05) is 6.92 Å². The second-order valence-electron chi connectivity index (χ2n) is 14.2. The summed E-state index contributed by atoms with van der Waals surface area (Å²) in [5.74, 6) is -0.380. The van der Waals surface area contributed by atoms with Crippen molar-refractivity contribution in [2.24, 2.45) is 16.9 Å². The van der Waals surface area contributed by atoms with Crippen LogP contribution in [-0.4, -0.2) is 45.8 Å². The normalized spacial score (nSPS) is 23.5. The van der Waals surface area contributed by atoms with Crippen molar-refractivity contribution in [3.63, 3.8) is 0 Å². The number of hydrogen-bond donors (Lipinski definition) is 3. The van der Waals surface area contributed by atoms with E-state index in [0.717, 1.165) is 25.0 Å². The van der Waals surface area contributed by atoms with Crippen LogP contribution in [0.15, 0.2) is 41.5 Å². The Morgan fingerprint density at radius 2 is 1.49 bits per heavy atom. The molecule has 282 valence electrons. The van der Waals surface area contributed by atoms with Gasteiger partial charge < -0.3 is 15.3 Å². The lowest BCUT2D eigenvalue weighted by Gasteiger charge is -2.44. The lowest BCUT2D eigenvalue weighted by atomic mass is 9.76. The number of fused-ring (bicyclic) bond motifs is 1. The Bertz CT molecular complexity index is 1580. The second-order valence-corrected chi connectivity index (χ2v) is 14.2. The van der Waals surface area contributed by atoms with Crippen molar-refractivity contribution in [3.05, 3.63) is 64.2 Å². The van der Waals surface area contributed by atoms with Crippen molar-refractivity contribution in [3.8, 4) is 0 Å². The van der Waals surface area contributed by atoms with Gasteiger partial charge in [0.15, 0.2) is 0 Å². The number of carbonyl (C=O) groups excluding carboxylic acids is 1. The fourth-order valence-corrected chi connectivity index (χ4v) is 7.33. The van der Waals surface area contributed by atoms with Crippen LogP contribution < -0.4 is 15.8 Å². The highest BCUT2D eigenvalue weighted by Crippen LogP contribution is 2.44. The standard InChI is InChI=1S/C34H41F9N6O2/c1-5-25-16-27(44-30-45-46-47(4)48(30)18-20-12-23(33(38,39)40)14-24(13-20)34(41,42)43)26-15-22(32(35,36)37)10-11-28(26)49(25)29(50)21-8-6-19(7-9-21)17-31(2,3)51/h10-15,19,21,25,27,46,51H,5-9,16-18H2,1-4H3,(H,44,45)/t19-,21-,25-,27?/m1/s1. The minimum Gasteiger partial charge on any atom is -0.390 e. The first-order chi connectivity index (χ1) is 23.5. The number of rotatable bonds is 7. The first kappa shape index (κ1) is 38.5. The molecule has 0 bridgehead atoms. The van der Waals surface area contributed by atoms with Crippen LogP contribution in [-0.2, 0) is 29.9 Å². The van der Waals surface area contributed by atoms with Gasteiger partial charge in [0.1, 0.15) is 0 Å². The summed E-state index contributed by atoms with van der Waals surface area (Å²) < 4.78 is 123. The molecule has 1 aliphatic carbocycles. The number of carbonyl (C=O) groups is 1. The number of aliphatic hydroxyl groups is 1. The molecule has 3 N–H and O–H groups in total. The molecule has 2 heterocycles. The number of hydrazine groups is 2. The Kier molecular flexibility index (Phi) is 10.6. The van der Waals surface area contributed by atoms with Gasteiger partial charge in [-0.25, -0.2) is 5.53 Å². The van der Waals surface area contributed by atoms with Crippen LogP contribution in [0.25, 0.3) is 0 Å². The summed E-state index contributed by atoms with van der Waals surface area (Å²) in [7, 11) is 1.42. The van der Waals surface area contributed by atoms with Crippen LogP contribution >= 0.6 is 0 Å². The lowest BCUT2D eigenvalue weighted by molar-refractivity contribution is -0.143. The molecular weight excluding hydrogens is 695 g/mol. The Balaban J connectivity index is 1.44. The molecule has 1 amide bonds. The number of alkyl halides is 9. The number of nitrogens with zero attached hydrogens (tertiary/aromatic N) is 4. The summed E-state index contributed by atoms with van der Waals surface area (Å²) in [6, 6.07) is 3.03. The average molecular weight is 737 g/mol. The third-order valence-electron chi connectivity index (χ3n) is 9.75. The molecule has 2 aromatic carbocycles. The third-order valence-corrected chi connectivity index (χ3v) is 9.75. The lowest BCUT2D eigenvalue weighted by Crippen LogP contribution is -2.52. The Hall–Kier alpha value is -3.73. The summed E-state index contributed by atoms with van der Waals surface area (Å²) in [5.41, 5.74) is -2.12. The molecule has 3 aliphatic rings. The monoisotopic (exact) mass is 736 g/mol. The number of amides is 1. The molecule has 1 fully saturated rings. The van der Waals surface area contributed by atoms with Crippen molar-refractivity contribution in [1.29, 1.82) is 0 Å². The topological polar surface area (TPSA) is 83.4 Å². The fraction of sp³-hybridized carbons (Fsp3) is 0.588. The van der Waals surface area contributed by atoms with E-state index in [1.165, 1.54) is 23.2 Å². The molecule has 51 heavy (non-hydrogen) atoms. The molecule has 5 rings (SSSR count). The van der Waals surface area contributed by atoms with Crippen molar-refractivity contribution in [1.82, 2.24) is 21.0 Å². The molecule has 0 radical (unpaired) electrons. The number of guanidine groups is 1. The SMILES string of the molecule is CC[C@@H]1CC(NC2=NNN(C)N2Cc2cc(C(F)(F)F)cc(C(F)(F)F)c2)c2cc(C(F)(F)F)ccc2N1C(=O)[C@H]1CC[C@H](CC(C)(C)O)CC1. The molecule has 1 saturated carbocycles. The predicted octanol–water partition coefficient (Wildman–Crippen LogP) is 7.99. The van der Waals surface area contributed by atoms with Gasteiger partial charge in [0.2, 0.25) is 11.9 Å². The zero-order chi connectivity index (χ0) is 37.7. The van der Waals surface area contributed by atoms with E-state index in [1.54, 1.807) is 18.7 Å². The van der Waals surface area contributed by atoms with Crippen LogP contribution in [0, 0.1) is 11.8 Å². The summed E-state index contributed by atoms with van der Waals surface area (Å²) in [6.07, 6.45) is -11.1. The maximum absolute atomic E-state index is 14.1. The van der Waals surface area contributed by atoms with E-state index in [4.69, 9.17) is 0 Å². The molecular formula is C34H41F9N6O2. The van der Waals surface area contributed by atoms with Crippen molar-refractivity contribution in [2.75, 3.05) is 11.9 Å². The maximum Gasteiger partial charge on any atom is 0.416 e. The summed E-state index contributed by atoms with van der Waals surface area (Å²) >= 11 is 0. The number of hydrogen-bond acceptors (Lipinski definition) is 7. The van der Waals surface area contributed by atoms with Crippen LogP contribution in [0.5, 0.6) is 0 Å². The second kappa shape index (κ2) is 14.0. The van der Waals surface area contributed by atoms with E-state index in [1.807, 2.05) is 6.92 Å². The van der Waals surface area contributed by atoms with Crippen LogP contribution in [0.1, 0.15) is 99.6 Å². The zero-order valence-corrected chi connectivity index (χ0v) is 28.5. The number of anilines is 1. The number of halogens is 9.